The first-order valence-electron chi connectivity index (χ1n) is 8.20. The van der Waals surface area contributed by atoms with Crippen LogP contribution < -0.4 is 5.32 Å². The molecule has 1 aromatic heterocycles. The molecule has 0 radical (unpaired) electrons. The van der Waals surface area contributed by atoms with Crippen LogP contribution in [-0.4, -0.2) is 34.5 Å². The number of aromatic nitrogens is 1. The Morgan fingerprint density at radius 1 is 1.22 bits per heavy atom. The van der Waals surface area contributed by atoms with Crippen LogP contribution in [0.4, 0.5) is 5.69 Å². The number of hydrogen-bond acceptors (Lipinski definition) is 3. The summed E-state index contributed by atoms with van der Waals surface area (Å²) in [4.78, 5) is 7.83. The van der Waals surface area contributed by atoms with E-state index in [1.807, 2.05) is 12.3 Å². The van der Waals surface area contributed by atoms with E-state index in [1.54, 1.807) is 0 Å². The highest BCUT2D eigenvalue weighted by Crippen LogP contribution is 2.26. The number of piperidine rings is 1. The topological polar surface area (TPSA) is 28.2 Å². The van der Waals surface area contributed by atoms with E-state index >= 15 is 0 Å². The molecule has 3 rings (SSSR count). The molecule has 0 saturated carbocycles. The van der Waals surface area contributed by atoms with Crippen LogP contribution >= 0.6 is 12.2 Å². The third kappa shape index (κ3) is 4.60. The SMILES string of the molecule is Cc1cccc(NC(=S)CN2CCC(c3ccccn3)CC2)c1. The Kier molecular flexibility index (Phi) is 5.36. The van der Waals surface area contributed by atoms with Gasteiger partial charge in [0.15, 0.2) is 0 Å². The van der Waals surface area contributed by atoms with Crippen LogP contribution in [0.2, 0.25) is 0 Å². The lowest BCUT2D eigenvalue weighted by Gasteiger charge is -2.31. The van der Waals surface area contributed by atoms with E-state index in [0.717, 1.165) is 43.2 Å². The van der Waals surface area contributed by atoms with Gasteiger partial charge in [0.1, 0.15) is 0 Å². The van der Waals surface area contributed by atoms with E-state index in [0.29, 0.717) is 5.92 Å². The molecular weight excluding hydrogens is 302 g/mol. The molecule has 0 unspecified atom stereocenters. The van der Waals surface area contributed by atoms with E-state index in [-0.39, 0.29) is 0 Å². The zero-order valence-corrected chi connectivity index (χ0v) is 14.4. The lowest BCUT2D eigenvalue weighted by Crippen LogP contribution is -2.38. The van der Waals surface area contributed by atoms with Crippen LogP contribution in [0.25, 0.3) is 0 Å². The van der Waals surface area contributed by atoms with Crippen molar-refractivity contribution in [3.05, 3.63) is 59.9 Å². The summed E-state index contributed by atoms with van der Waals surface area (Å²) in [5.74, 6) is 0.589. The van der Waals surface area contributed by atoms with Gasteiger partial charge in [-0.2, -0.15) is 0 Å². The average molecular weight is 325 g/mol. The summed E-state index contributed by atoms with van der Waals surface area (Å²) in [7, 11) is 0. The molecule has 2 heterocycles. The van der Waals surface area contributed by atoms with E-state index in [1.165, 1.54) is 11.3 Å². The third-order valence-corrected chi connectivity index (χ3v) is 4.59. The maximum absolute atomic E-state index is 5.52. The maximum atomic E-state index is 5.52. The van der Waals surface area contributed by atoms with Crippen LogP contribution in [-0.2, 0) is 0 Å². The maximum Gasteiger partial charge on any atom is 0.0939 e. The van der Waals surface area contributed by atoms with Gasteiger partial charge in [0.2, 0.25) is 0 Å². The first kappa shape index (κ1) is 16.1. The van der Waals surface area contributed by atoms with Gasteiger partial charge in [0.05, 0.1) is 4.99 Å². The van der Waals surface area contributed by atoms with Gasteiger partial charge in [-0.05, 0) is 62.7 Å². The minimum absolute atomic E-state index is 0.589. The lowest BCUT2D eigenvalue weighted by molar-refractivity contribution is 0.238. The van der Waals surface area contributed by atoms with E-state index in [4.69, 9.17) is 12.2 Å². The number of rotatable bonds is 4. The molecule has 0 bridgehead atoms. The van der Waals surface area contributed by atoms with E-state index < -0.39 is 0 Å². The van der Waals surface area contributed by atoms with Crippen molar-refractivity contribution in [2.24, 2.45) is 0 Å². The van der Waals surface area contributed by atoms with E-state index in [2.05, 4.69) is 58.5 Å². The van der Waals surface area contributed by atoms with Crippen LogP contribution in [0.3, 0.4) is 0 Å². The second-order valence-electron chi connectivity index (χ2n) is 6.22. The molecule has 3 nitrogen and oxygen atoms in total. The van der Waals surface area contributed by atoms with Crippen molar-refractivity contribution in [3.8, 4) is 0 Å². The summed E-state index contributed by atoms with van der Waals surface area (Å²) in [6.07, 6.45) is 4.21. The fraction of sp³-hybridized carbons (Fsp3) is 0.368. The molecule has 0 spiro atoms. The predicted molar refractivity (Wildman–Crippen MR) is 100 cm³/mol. The number of likely N-dealkylation sites (tertiary alicyclic amines) is 1. The van der Waals surface area contributed by atoms with Crippen molar-refractivity contribution in [3.63, 3.8) is 0 Å². The molecule has 0 atom stereocenters. The van der Waals surface area contributed by atoms with Gasteiger partial charge in [-0.25, -0.2) is 0 Å². The number of nitrogens with zero attached hydrogens (tertiary/aromatic N) is 2. The molecular formula is C19H23N3S. The predicted octanol–water partition coefficient (Wildman–Crippen LogP) is 4.01. The quantitative estimate of drug-likeness (QED) is 0.860. The summed E-state index contributed by atoms with van der Waals surface area (Å²) < 4.78 is 0. The van der Waals surface area contributed by atoms with Gasteiger partial charge in [0, 0.05) is 30.0 Å². The Morgan fingerprint density at radius 2 is 2.04 bits per heavy atom. The smallest absolute Gasteiger partial charge is 0.0939 e. The van der Waals surface area contributed by atoms with Crippen LogP contribution in [0.1, 0.15) is 30.0 Å². The Bertz CT molecular complexity index is 649. The highest BCUT2D eigenvalue weighted by atomic mass is 32.1. The number of benzene rings is 1. The first-order valence-corrected chi connectivity index (χ1v) is 8.61. The van der Waals surface area contributed by atoms with E-state index in [9.17, 15) is 0 Å². The average Bonchev–Trinajstić information content (AvgIpc) is 2.56. The Labute approximate surface area is 143 Å². The standard InChI is InChI=1S/C19H23N3S/c1-15-5-4-6-17(13-15)21-19(23)14-22-11-8-16(9-12-22)18-7-2-3-10-20-18/h2-7,10,13,16H,8-9,11-12,14H2,1H3,(H,21,23). The first-order chi connectivity index (χ1) is 11.2. The molecule has 1 N–H and O–H groups in total. The molecule has 1 aliphatic heterocycles. The van der Waals surface area contributed by atoms with Gasteiger partial charge in [-0.15, -0.1) is 0 Å². The molecule has 23 heavy (non-hydrogen) atoms. The Hall–Kier alpha value is -1.78. The molecule has 120 valence electrons. The van der Waals surface area contributed by atoms with Crippen LogP contribution in [0.15, 0.2) is 48.7 Å². The molecule has 1 fully saturated rings. The number of hydrogen-bond donors (Lipinski definition) is 1. The number of anilines is 1. The molecule has 0 aliphatic carbocycles. The van der Waals surface area contributed by atoms with Crippen molar-refractivity contribution >= 4 is 22.9 Å². The Morgan fingerprint density at radius 3 is 2.74 bits per heavy atom. The minimum atomic E-state index is 0.589. The summed E-state index contributed by atoms with van der Waals surface area (Å²) in [5, 5.41) is 3.35. The highest BCUT2D eigenvalue weighted by Gasteiger charge is 2.21. The Balaban J connectivity index is 1.48. The van der Waals surface area contributed by atoms with Gasteiger partial charge in [-0.3, -0.25) is 9.88 Å². The minimum Gasteiger partial charge on any atom is -0.349 e. The summed E-state index contributed by atoms with van der Waals surface area (Å²) >= 11 is 5.52. The van der Waals surface area contributed by atoms with Gasteiger partial charge in [-0.1, -0.05) is 30.4 Å². The van der Waals surface area contributed by atoms with Crippen molar-refractivity contribution in [1.29, 1.82) is 0 Å². The molecule has 1 saturated heterocycles. The summed E-state index contributed by atoms with van der Waals surface area (Å²) in [5.41, 5.74) is 3.56. The molecule has 0 amide bonds. The number of pyridine rings is 1. The molecule has 4 heteroatoms. The summed E-state index contributed by atoms with van der Waals surface area (Å²) in [6, 6.07) is 14.5. The fourth-order valence-electron chi connectivity index (χ4n) is 3.13. The fourth-order valence-corrected chi connectivity index (χ4v) is 3.43. The number of nitrogens with one attached hydrogen (secondary N) is 1. The van der Waals surface area contributed by atoms with Gasteiger partial charge in [0.25, 0.3) is 0 Å². The van der Waals surface area contributed by atoms with Crippen molar-refractivity contribution < 1.29 is 0 Å². The number of thiocarbonyl (C=S) groups is 1. The van der Waals surface area contributed by atoms with Gasteiger partial charge >= 0.3 is 0 Å². The summed E-state index contributed by atoms with van der Waals surface area (Å²) in [6.45, 7) is 5.09. The number of aryl methyl sites for hydroxylation is 1. The third-order valence-electron chi connectivity index (χ3n) is 4.36. The lowest BCUT2D eigenvalue weighted by atomic mass is 9.93. The van der Waals surface area contributed by atoms with Crippen LogP contribution in [0, 0.1) is 6.92 Å². The molecule has 1 aliphatic rings. The zero-order valence-electron chi connectivity index (χ0n) is 13.5. The molecule has 2 aromatic rings. The largest absolute Gasteiger partial charge is 0.349 e. The zero-order chi connectivity index (χ0) is 16.1. The van der Waals surface area contributed by atoms with Crippen molar-refractivity contribution in [1.82, 2.24) is 9.88 Å². The normalized spacial score (nSPS) is 16.2. The van der Waals surface area contributed by atoms with Crippen molar-refractivity contribution in [2.45, 2.75) is 25.7 Å². The highest BCUT2D eigenvalue weighted by molar-refractivity contribution is 7.80. The van der Waals surface area contributed by atoms with Gasteiger partial charge < -0.3 is 5.32 Å². The second kappa shape index (κ2) is 7.66. The van der Waals surface area contributed by atoms with Crippen LogP contribution in [0.5, 0.6) is 0 Å². The van der Waals surface area contributed by atoms with Crippen molar-refractivity contribution in [2.75, 3.05) is 25.0 Å². The molecule has 1 aromatic carbocycles. The monoisotopic (exact) mass is 325 g/mol. The second-order valence-corrected chi connectivity index (χ2v) is 6.72.